The summed E-state index contributed by atoms with van der Waals surface area (Å²) in [5.74, 6) is -0.0579. The molecule has 60 valence electrons. The predicted molar refractivity (Wildman–Crippen MR) is 47.7 cm³/mol. The number of hydrogen-bond donors (Lipinski definition) is 0. The van der Waals surface area contributed by atoms with Gasteiger partial charge in [-0.2, -0.15) is 0 Å². The first-order chi connectivity index (χ1) is 5.07. The highest BCUT2D eigenvalue weighted by Crippen LogP contribution is 1.91. The lowest BCUT2D eigenvalue weighted by atomic mass is 10.2. The summed E-state index contributed by atoms with van der Waals surface area (Å²) in [5, 5.41) is 0. The van der Waals surface area contributed by atoms with Crippen molar-refractivity contribution in [3.8, 4) is 0 Å². The van der Waals surface area contributed by atoms with Crippen molar-refractivity contribution >= 4 is 11.5 Å². The van der Waals surface area contributed by atoms with Gasteiger partial charge in [-0.25, -0.2) is 0 Å². The molecule has 0 bridgehead atoms. The Kier molecular flexibility index (Phi) is 4.11. The van der Waals surface area contributed by atoms with Gasteiger partial charge in [-0.05, 0) is 19.9 Å². The number of Topliss-reactive ketones (excluding diaryl/α,β-unsaturated/α-hetero) is 1. The first-order valence-electron chi connectivity index (χ1n) is 3.42. The number of hydrogen-bond acceptors (Lipinski definition) is 2. The summed E-state index contributed by atoms with van der Waals surface area (Å²) >= 11 is 0. The monoisotopic (exact) mass is 151 g/mol. The lowest BCUT2D eigenvalue weighted by molar-refractivity contribution is -0.111. The van der Waals surface area contributed by atoms with E-state index in [0.29, 0.717) is 5.71 Å². The van der Waals surface area contributed by atoms with Gasteiger partial charge in [-0.1, -0.05) is 12.2 Å². The van der Waals surface area contributed by atoms with Crippen molar-refractivity contribution in [3.63, 3.8) is 0 Å². The minimum Gasteiger partial charge on any atom is -0.293 e. The van der Waals surface area contributed by atoms with Crippen molar-refractivity contribution < 1.29 is 4.79 Å². The van der Waals surface area contributed by atoms with Crippen LogP contribution in [0.25, 0.3) is 0 Å². The minimum absolute atomic E-state index is 0.0579. The SMILES string of the molecule is C=CC(=NC=C(C)C)C(C)=O. The average Bonchev–Trinajstić information content (AvgIpc) is 1.87. The lowest BCUT2D eigenvalue weighted by Gasteiger charge is -1.90. The van der Waals surface area contributed by atoms with Crippen LogP contribution >= 0.6 is 0 Å². The topological polar surface area (TPSA) is 29.4 Å². The van der Waals surface area contributed by atoms with E-state index in [9.17, 15) is 4.79 Å². The maximum absolute atomic E-state index is 10.8. The van der Waals surface area contributed by atoms with Crippen LogP contribution in [0.15, 0.2) is 29.4 Å². The van der Waals surface area contributed by atoms with Crippen LogP contribution in [0.1, 0.15) is 20.8 Å². The Hall–Kier alpha value is -1.18. The number of allylic oxidation sites excluding steroid dienone is 2. The Labute approximate surface area is 67.3 Å². The lowest BCUT2D eigenvalue weighted by Crippen LogP contribution is -2.04. The van der Waals surface area contributed by atoms with E-state index in [1.807, 2.05) is 13.8 Å². The van der Waals surface area contributed by atoms with Crippen molar-refractivity contribution in [3.05, 3.63) is 24.4 Å². The molecule has 2 nitrogen and oxygen atoms in total. The zero-order chi connectivity index (χ0) is 8.85. The summed E-state index contributed by atoms with van der Waals surface area (Å²) in [6, 6.07) is 0. The molecule has 11 heavy (non-hydrogen) atoms. The molecule has 0 saturated carbocycles. The van der Waals surface area contributed by atoms with Crippen LogP contribution in [-0.4, -0.2) is 11.5 Å². The van der Waals surface area contributed by atoms with Gasteiger partial charge in [0.15, 0.2) is 5.78 Å². The Morgan fingerprint density at radius 1 is 1.36 bits per heavy atom. The van der Waals surface area contributed by atoms with Gasteiger partial charge in [0.05, 0.1) is 0 Å². The fraction of sp³-hybridized carbons (Fsp3) is 0.333. The largest absolute Gasteiger partial charge is 0.293 e. The molecule has 0 fully saturated rings. The van der Waals surface area contributed by atoms with E-state index in [-0.39, 0.29) is 5.78 Å². The van der Waals surface area contributed by atoms with Crippen molar-refractivity contribution in [2.45, 2.75) is 20.8 Å². The third-order valence-corrected chi connectivity index (χ3v) is 1.02. The molecule has 0 aliphatic rings. The standard InChI is InChI=1S/C9H13NO/c1-5-9(8(4)11)10-6-7(2)3/h5-6H,1H2,2-4H3. The quantitative estimate of drug-likeness (QED) is 0.568. The molecule has 0 heterocycles. The summed E-state index contributed by atoms with van der Waals surface area (Å²) in [4.78, 5) is 14.7. The molecular weight excluding hydrogens is 138 g/mol. The number of ketones is 1. The fourth-order valence-electron chi connectivity index (χ4n) is 0.486. The van der Waals surface area contributed by atoms with E-state index in [1.165, 1.54) is 13.0 Å². The maximum Gasteiger partial charge on any atom is 0.178 e. The highest BCUT2D eigenvalue weighted by atomic mass is 16.1. The number of carbonyl (C=O) groups is 1. The molecule has 0 aromatic rings. The highest BCUT2D eigenvalue weighted by molar-refractivity contribution is 6.43. The maximum atomic E-state index is 10.8. The predicted octanol–water partition coefficient (Wildman–Crippen LogP) is 2.13. The van der Waals surface area contributed by atoms with Gasteiger partial charge in [-0.15, -0.1) is 0 Å². The molecule has 0 spiro atoms. The Bertz CT molecular complexity index is 220. The Balaban J connectivity index is 4.50. The molecule has 0 aliphatic heterocycles. The van der Waals surface area contributed by atoms with Gasteiger partial charge in [0, 0.05) is 13.1 Å². The van der Waals surface area contributed by atoms with Crippen LogP contribution in [-0.2, 0) is 4.79 Å². The second-order valence-corrected chi connectivity index (χ2v) is 2.48. The van der Waals surface area contributed by atoms with Crippen molar-refractivity contribution in [2.24, 2.45) is 4.99 Å². The molecule has 0 aliphatic carbocycles. The molecular formula is C9H13NO. The summed E-state index contributed by atoms with van der Waals surface area (Å²) in [7, 11) is 0. The van der Waals surface area contributed by atoms with Crippen LogP contribution in [0.3, 0.4) is 0 Å². The number of nitrogens with zero attached hydrogens (tertiary/aromatic N) is 1. The average molecular weight is 151 g/mol. The number of aliphatic imine (C=N–C) groups is 1. The summed E-state index contributed by atoms with van der Waals surface area (Å²) < 4.78 is 0. The molecule has 0 radical (unpaired) electrons. The summed E-state index contributed by atoms with van der Waals surface area (Å²) in [6.07, 6.45) is 3.11. The smallest absolute Gasteiger partial charge is 0.178 e. The van der Waals surface area contributed by atoms with E-state index >= 15 is 0 Å². The molecule has 2 heteroatoms. The second-order valence-electron chi connectivity index (χ2n) is 2.48. The second kappa shape index (κ2) is 4.61. The van der Waals surface area contributed by atoms with Crippen molar-refractivity contribution in [1.82, 2.24) is 0 Å². The first-order valence-corrected chi connectivity index (χ1v) is 3.42. The van der Waals surface area contributed by atoms with Gasteiger partial charge in [-0.3, -0.25) is 9.79 Å². The van der Waals surface area contributed by atoms with E-state index in [2.05, 4.69) is 11.6 Å². The molecule has 0 N–H and O–H groups in total. The molecule has 0 atom stereocenters. The molecule has 0 amide bonds. The van der Waals surface area contributed by atoms with Crippen molar-refractivity contribution in [2.75, 3.05) is 0 Å². The number of rotatable bonds is 3. The highest BCUT2D eigenvalue weighted by Gasteiger charge is 1.96. The normalized spacial score (nSPS) is 10.6. The first kappa shape index (κ1) is 9.82. The fourth-order valence-corrected chi connectivity index (χ4v) is 0.486. The minimum atomic E-state index is -0.0579. The molecule has 0 aromatic heterocycles. The third-order valence-electron chi connectivity index (χ3n) is 1.02. The van der Waals surface area contributed by atoms with Crippen LogP contribution in [0, 0.1) is 0 Å². The van der Waals surface area contributed by atoms with Gasteiger partial charge in [0.1, 0.15) is 5.71 Å². The summed E-state index contributed by atoms with van der Waals surface area (Å²) in [6.45, 7) is 8.79. The van der Waals surface area contributed by atoms with Gasteiger partial charge in [0.2, 0.25) is 0 Å². The number of carbonyl (C=O) groups excluding carboxylic acids is 1. The zero-order valence-corrected chi connectivity index (χ0v) is 7.22. The van der Waals surface area contributed by atoms with E-state index in [1.54, 1.807) is 6.20 Å². The third kappa shape index (κ3) is 4.25. The molecule has 0 rings (SSSR count). The van der Waals surface area contributed by atoms with E-state index in [4.69, 9.17) is 0 Å². The Morgan fingerprint density at radius 2 is 1.91 bits per heavy atom. The Morgan fingerprint density at radius 3 is 2.18 bits per heavy atom. The molecule has 0 unspecified atom stereocenters. The molecule has 0 saturated heterocycles. The van der Waals surface area contributed by atoms with Crippen LogP contribution in [0.5, 0.6) is 0 Å². The van der Waals surface area contributed by atoms with Crippen LogP contribution in [0.2, 0.25) is 0 Å². The van der Waals surface area contributed by atoms with Crippen LogP contribution in [0.4, 0.5) is 0 Å². The van der Waals surface area contributed by atoms with Crippen LogP contribution < -0.4 is 0 Å². The van der Waals surface area contributed by atoms with Gasteiger partial charge < -0.3 is 0 Å². The molecule has 0 aromatic carbocycles. The summed E-state index contributed by atoms with van der Waals surface area (Å²) in [5.41, 5.74) is 1.47. The van der Waals surface area contributed by atoms with Gasteiger partial charge >= 0.3 is 0 Å². The zero-order valence-electron chi connectivity index (χ0n) is 7.22. The van der Waals surface area contributed by atoms with Crippen molar-refractivity contribution in [1.29, 1.82) is 0 Å². The van der Waals surface area contributed by atoms with E-state index in [0.717, 1.165) is 5.57 Å². The van der Waals surface area contributed by atoms with Gasteiger partial charge in [0.25, 0.3) is 0 Å². The van der Waals surface area contributed by atoms with E-state index < -0.39 is 0 Å².